The van der Waals surface area contributed by atoms with Gasteiger partial charge in [-0.05, 0) is 36.1 Å². The van der Waals surface area contributed by atoms with Gasteiger partial charge in [0.2, 0.25) is 0 Å². The highest BCUT2D eigenvalue weighted by Gasteiger charge is 2.01. The molecule has 0 atom stereocenters. The van der Waals surface area contributed by atoms with E-state index >= 15 is 0 Å². The zero-order valence-corrected chi connectivity index (χ0v) is 9.27. The summed E-state index contributed by atoms with van der Waals surface area (Å²) in [6, 6.07) is 11.9. The van der Waals surface area contributed by atoms with Crippen molar-refractivity contribution < 1.29 is 0 Å². The van der Waals surface area contributed by atoms with Crippen molar-refractivity contribution in [3.05, 3.63) is 52.2 Å². The molecule has 0 bridgehead atoms. The second-order valence-electron chi connectivity index (χ2n) is 3.35. The molecule has 2 rings (SSSR count). The van der Waals surface area contributed by atoms with Gasteiger partial charge in [-0.15, -0.1) is 11.3 Å². The van der Waals surface area contributed by atoms with Crippen LogP contribution in [-0.2, 0) is 0 Å². The third-order valence-electron chi connectivity index (χ3n) is 2.05. The monoisotopic (exact) mass is 216 g/mol. The Morgan fingerprint density at radius 2 is 2.13 bits per heavy atom. The van der Waals surface area contributed by atoms with Crippen LogP contribution in [0.1, 0.15) is 10.4 Å². The highest BCUT2D eigenvalue weighted by atomic mass is 32.1. The number of aryl methyl sites for hydroxylation is 1. The minimum absolute atomic E-state index is 0.454. The third-order valence-corrected chi connectivity index (χ3v) is 2.94. The van der Waals surface area contributed by atoms with Crippen LogP contribution in [0, 0.1) is 12.3 Å². The Labute approximate surface area is 93.1 Å². The summed E-state index contributed by atoms with van der Waals surface area (Å²) in [6.45, 7) is 2.04. The number of anilines is 1. The van der Waals surface area contributed by atoms with Crippen molar-refractivity contribution in [2.24, 2.45) is 0 Å². The highest BCUT2D eigenvalue weighted by molar-refractivity contribution is 7.12. The minimum Gasteiger partial charge on any atom is -0.340 e. The second kappa shape index (κ2) is 4.28. The van der Waals surface area contributed by atoms with Gasteiger partial charge in [0.25, 0.3) is 0 Å². The first-order chi connectivity index (χ1) is 7.25. The lowest BCUT2D eigenvalue weighted by Gasteiger charge is -2.06. The molecule has 0 fully saturated rings. The zero-order chi connectivity index (χ0) is 10.7. The molecule has 2 N–H and O–H groups in total. The first kappa shape index (κ1) is 9.93. The van der Waals surface area contributed by atoms with Crippen molar-refractivity contribution in [2.45, 2.75) is 6.92 Å². The number of hydrogen-bond acceptors (Lipinski definition) is 2. The van der Waals surface area contributed by atoms with Crippen LogP contribution in [0.25, 0.3) is 0 Å². The van der Waals surface area contributed by atoms with Gasteiger partial charge in [-0.1, -0.05) is 18.2 Å². The highest BCUT2D eigenvalue weighted by Crippen LogP contribution is 2.14. The Morgan fingerprint density at radius 3 is 2.80 bits per heavy atom. The van der Waals surface area contributed by atoms with E-state index in [2.05, 4.69) is 5.32 Å². The van der Waals surface area contributed by atoms with Gasteiger partial charge in [-0.25, -0.2) is 0 Å². The van der Waals surface area contributed by atoms with E-state index < -0.39 is 0 Å². The Morgan fingerprint density at radius 1 is 1.27 bits per heavy atom. The minimum atomic E-state index is 0.454. The molecule has 0 aliphatic heterocycles. The molecule has 0 unspecified atom stereocenters. The number of amidine groups is 1. The van der Waals surface area contributed by atoms with E-state index in [1.165, 1.54) is 5.56 Å². The van der Waals surface area contributed by atoms with Crippen molar-refractivity contribution >= 4 is 22.9 Å². The Kier molecular flexibility index (Phi) is 2.83. The summed E-state index contributed by atoms with van der Waals surface area (Å²) in [4.78, 5) is 0.955. The summed E-state index contributed by atoms with van der Waals surface area (Å²) in [6.07, 6.45) is 0. The van der Waals surface area contributed by atoms with Gasteiger partial charge in [0, 0.05) is 5.69 Å². The predicted molar refractivity (Wildman–Crippen MR) is 65.9 cm³/mol. The van der Waals surface area contributed by atoms with E-state index in [1.807, 2.05) is 48.7 Å². The smallest absolute Gasteiger partial charge is 0.140 e. The van der Waals surface area contributed by atoms with Crippen LogP contribution < -0.4 is 5.32 Å². The summed E-state index contributed by atoms with van der Waals surface area (Å²) in [5.74, 6) is 0.454. The first-order valence-corrected chi connectivity index (χ1v) is 5.60. The molecule has 0 radical (unpaired) electrons. The summed E-state index contributed by atoms with van der Waals surface area (Å²) < 4.78 is 0. The van der Waals surface area contributed by atoms with Crippen molar-refractivity contribution in [3.8, 4) is 0 Å². The zero-order valence-electron chi connectivity index (χ0n) is 8.45. The lowest BCUT2D eigenvalue weighted by molar-refractivity contribution is 1.44. The van der Waals surface area contributed by atoms with Crippen molar-refractivity contribution in [1.29, 1.82) is 5.41 Å². The molecule has 76 valence electrons. The van der Waals surface area contributed by atoms with Gasteiger partial charge in [-0.2, -0.15) is 0 Å². The largest absolute Gasteiger partial charge is 0.340 e. The molecular formula is C12H12N2S. The van der Waals surface area contributed by atoms with E-state index in [9.17, 15) is 0 Å². The second-order valence-corrected chi connectivity index (χ2v) is 4.29. The number of nitrogens with one attached hydrogen (secondary N) is 2. The fraction of sp³-hybridized carbons (Fsp3) is 0.0833. The van der Waals surface area contributed by atoms with E-state index in [-0.39, 0.29) is 0 Å². The number of rotatable bonds is 2. The summed E-state index contributed by atoms with van der Waals surface area (Å²) in [7, 11) is 0. The number of thiophene rings is 1. The standard InChI is InChI=1S/C12H12N2S/c1-9-4-2-5-10(8-9)14-12(13)11-6-3-7-15-11/h2-8H,1H3,(H2,13,14). The Hall–Kier alpha value is -1.61. The topological polar surface area (TPSA) is 35.9 Å². The lowest BCUT2D eigenvalue weighted by atomic mass is 10.2. The van der Waals surface area contributed by atoms with E-state index in [0.717, 1.165) is 10.6 Å². The summed E-state index contributed by atoms with van der Waals surface area (Å²) in [5, 5.41) is 12.9. The fourth-order valence-corrected chi connectivity index (χ4v) is 1.98. The average Bonchev–Trinajstić information content (AvgIpc) is 2.70. The van der Waals surface area contributed by atoms with Crippen molar-refractivity contribution in [2.75, 3.05) is 5.32 Å². The molecule has 0 spiro atoms. The molecule has 0 saturated heterocycles. The summed E-state index contributed by atoms with van der Waals surface area (Å²) >= 11 is 1.57. The van der Waals surface area contributed by atoms with Crippen molar-refractivity contribution in [1.82, 2.24) is 0 Å². The normalized spacial score (nSPS) is 9.93. The van der Waals surface area contributed by atoms with Gasteiger partial charge < -0.3 is 5.32 Å². The van der Waals surface area contributed by atoms with Gasteiger partial charge in [0.15, 0.2) is 0 Å². The maximum absolute atomic E-state index is 7.85. The van der Waals surface area contributed by atoms with Crippen LogP contribution in [0.15, 0.2) is 41.8 Å². The van der Waals surface area contributed by atoms with Crippen LogP contribution in [0.2, 0.25) is 0 Å². The maximum Gasteiger partial charge on any atom is 0.140 e. The predicted octanol–water partition coefficient (Wildman–Crippen LogP) is 3.49. The van der Waals surface area contributed by atoms with Gasteiger partial charge in [0.05, 0.1) is 4.88 Å². The van der Waals surface area contributed by atoms with Crippen LogP contribution in [0.4, 0.5) is 5.69 Å². The summed E-state index contributed by atoms with van der Waals surface area (Å²) in [5.41, 5.74) is 2.16. The Bertz CT molecular complexity index is 460. The van der Waals surface area contributed by atoms with Crippen LogP contribution in [0.5, 0.6) is 0 Å². The van der Waals surface area contributed by atoms with Gasteiger partial charge in [-0.3, -0.25) is 5.41 Å². The van der Waals surface area contributed by atoms with Gasteiger partial charge >= 0.3 is 0 Å². The quantitative estimate of drug-likeness (QED) is 0.585. The molecule has 2 nitrogen and oxygen atoms in total. The molecule has 1 heterocycles. The molecule has 2 aromatic rings. The van der Waals surface area contributed by atoms with Crippen LogP contribution in [0.3, 0.4) is 0 Å². The van der Waals surface area contributed by atoms with Crippen molar-refractivity contribution in [3.63, 3.8) is 0 Å². The molecule has 0 aliphatic rings. The first-order valence-electron chi connectivity index (χ1n) is 4.72. The molecule has 0 amide bonds. The van der Waals surface area contributed by atoms with Crippen LogP contribution >= 0.6 is 11.3 Å². The molecule has 3 heteroatoms. The molecule has 1 aromatic carbocycles. The molecule has 0 saturated carbocycles. The fourth-order valence-electron chi connectivity index (χ4n) is 1.35. The third kappa shape index (κ3) is 2.44. The molecule has 0 aliphatic carbocycles. The van der Waals surface area contributed by atoms with E-state index in [4.69, 9.17) is 5.41 Å². The number of hydrogen-bond donors (Lipinski definition) is 2. The number of benzene rings is 1. The maximum atomic E-state index is 7.85. The average molecular weight is 216 g/mol. The lowest BCUT2D eigenvalue weighted by Crippen LogP contribution is -2.09. The molecular weight excluding hydrogens is 204 g/mol. The molecule has 15 heavy (non-hydrogen) atoms. The Balaban J connectivity index is 2.13. The van der Waals surface area contributed by atoms with E-state index in [0.29, 0.717) is 5.84 Å². The SMILES string of the molecule is Cc1cccc(NC(=N)c2cccs2)c1. The molecule has 1 aromatic heterocycles. The van der Waals surface area contributed by atoms with E-state index in [1.54, 1.807) is 11.3 Å². The van der Waals surface area contributed by atoms with Crippen LogP contribution in [-0.4, -0.2) is 5.84 Å². The van der Waals surface area contributed by atoms with Gasteiger partial charge in [0.1, 0.15) is 5.84 Å².